The highest BCUT2D eigenvalue weighted by molar-refractivity contribution is 7.92. The molecule has 6 fully saturated rings. The topological polar surface area (TPSA) is 317 Å². The van der Waals surface area contributed by atoms with Gasteiger partial charge in [-0.15, -0.1) is 0 Å². The fourth-order valence-electron chi connectivity index (χ4n) is 16.7. The number of nitrogens with zero attached hydrogens (tertiary/aromatic N) is 4. The molecule has 2 saturated heterocycles. The molecule has 4 amide bonds. The van der Waals surface area contributed by atoms with E-state index in [1.807, 2.05) is 86.7 Å². The number of rotatable bonds is 18. The number of fused-ring (bicyclic) bond motifs is 6. The summed E-state index contributed by atoms with van der Waals surface area (Å²) in [5, 5.41) is 2.90. The summed E-state index contributed by atoms with van der Waals surface area (Å²) in [5.74, 6) is -5.20. The van der Waals surface area contributed by atoms with Crippen LogP contribution in [0.5, 0.6) is 23.3 Å². The van der Waals surface area contributed by atoms with E-state index in [0.29, 0.717) is 59.7 Å². The molecule has 4 aromatic rings. The van der Waals surface area contributed by atoms with Gasteiger partial charge in [0.15, 0.2) is 11.6 Å². The first-order valence-electron chi connectivity index (χ1n) is 38.7. The molecule has 2 N–H and O–H groups in total. The van der Waals surface area contributed by atoms with Gasteiger partial charge < -0.3 is 38.2 Å². The van der Waals surface area contributed by atoms with Crippen molar-refractivity contribution in [2.24, 2.45) is 58.2 Å². The maximum absolute atomic E-state index is 14.8. The van der Waals surface area contributed by atoms with Gasteiger partial charge in [-0.1, -0.05) is 88.4 Å². The molecule has 4 aliphatic heterocycles. The predicted octanol–water partition coefficient (Wildman–Crippen LogP) is 11.7. The van der Waals surface area contributed by atoms with Crippen LogP contribution in [0.25, 0.3) is 21.5 Å². The molecule has 14 atom stereocenters. The Morgan fingerprint density at radius 1 is 0.545 bits per heavy atom. The molecule has 0 radical (unpaired) electrons. The van der Waals surface area contributed by atoms with E-state index in [9.17, 15) is 64.0 Å². The molecule has 24 nitrogen and oxygen atoms in total. The van der Waals surface area contributed by atoms with Crippen molar-refractivity contribution >= 4 is 88.7 Å². The van der Waals surface area contributed by atoms with Crippen molar-refractivity contribution in [2.75, 3.05) is 40.7 Å². The number of pyridine rings is 2. The molecule has 8 aliphatic rings. The van der Waals surface area contributed by atoms with Crippen LogP contribution < -0.4 is 28.4 Å². The summed E-state index contributed by atoms with van der Waals surface area (Å²) in [7, 11) is -5.57. The number of carbonyl (C=O) groups excluding carboxylic acids is 8. The zero-order valence-corrected chi connectivity index (χ0v) is 66.9. The van der Waals surface area contributed by atoms with E-state index in [1.165, 1.54) is 9.80 Å². The number of Topliss-reactive ketones (excluding diaryl/α,β-unsaturated/α-hetero) is 2. The fourth-order valence-corrected chi connectivity index (χ4v) is 19.6. The summed E-state index contributed by atoms with van der Waals surface area (Å²) in [5.41, 5.74) is -4.31. The lowest BCUT2D eigenvalue weighted by Crippen LogP contribution is -2.48. The standard InChI is InChI=1S/2C41H54FN3O9S/c2*1-25-11-7-8-12-27-20-41(27,38(49)44-55(50,51)40(24-42)15-16-40)21-33(46)32-18-28(53-36-30-14-10-9-13-29(30)34(52-6)22-43-36)23-45(32)37(48)31(26(2)17-25)19-35(47)54-39(3,4)5/h2*8-10,12-14,22,25-28,31-32H,7,11,15-21,23-24H2,1-6H3,(H,44,49)/b2*12-8-/t25-,26+,27+,28+,31-,32-,41+;25-,26-,27-,28-,31+,32+,41-/m01/s1. The zero-order valence-electron chi connectivity index (χ0n) is 65.3. The van der Waals surface area contributed by atoms with Crippen LogP contribution in [0.1, 0.15) is 185 Å². The molecule has 4 aliphatic carbocycles. The maximum Gasteiger partial charge on any atom is 0.307 e. The summed E-state index contributed by atoms with van der Waals surface area (Å²) < 4.78 is 117. The van der Waals surface area contributed by atoms with Gasteiger partial charge in [0.05, 0.1) is 87.3 Å². The second kappa shape index (κ2) is 32.5. The van der Waals surface area contributed by atoms with Crippen molar-refractivity contribution < 1.29 is 92.4 Å². The van der Waals surface area contributed by atoms with Gasteiger partial charge in [-0.3, -0.25) is 47.8 Å². The molecule has 600 valence electrons. The van der Waals surface area contributed by atoms with E-state index in [0.717, 1.165) is 23.6 Å². The lowest BCUT2D eigenvalue weighted by Gasteiger charge is -2.32. The van der Waals surface area contributed by atoms with Crippen LogP contribution in [0.4, 0.5) is 8.78 Å². The third-order valence-corrected chi connectivity index (χ3v) is 27.9. The van der Waals surface area contributed by atoms with Crippen LogP contribution in [0, 0.1) is 58.2 Å². The van der Waals surface area contributed by atoms with Gasteiger partial charge in [0.1, 0.15) is 57.8 Å². The summed E-state index contributed by atoms with van der Waals surface area (Å²) >= 11 is 0. The van der Waals surface area contributed by atoms with Crippen LogP contribution in [-0.4, -0.2) is 169 Å². The van der Waals surface area contributed by atoms with Crippen LogP contribution in [0.15, 0.2) is 85.2 Å². The van der Waals surface area contributed by atoms with Gasteiger partial charge >= 0.3 is 11.9 Å². The van der Waals surface area contributed by atoms with Crippen LogP contribution in [-0.2, 0) is 67.9 Å². The summed E-state index contributed by atoms with van der Waals surface area (Å²) in [6.45, 7) is 16.5. The second-order valence-corrected chi connectivity index (χ2v) is 38.6. The third-order valence-electron chi connectivity index (χ3n) is 23.7. The van der Waals surface area contributed by atoms with Crippen molar-refractivity contribution in [3.63, 3.8) is 0 Å². The van der Waals surface area contributed by atoms with E-state index in [4.69, 9.17) is 28.4 Å². The molecule has 2 aromatic carbocycles. The maximum atomic E-state index is 14.8. The lowest BCUT2D eigenvalue weighted by atomic mass is 9.82. The summed E-state index contributed by atoms with van der Waals surface area (Å²) in [6.07, 6.45) is 13.7. The summed E-state index contributed by atoms with van der Waals surface area (Å²) in [6, 6.07) is 12.8. The van der Waals surface area contributed by atoms with Gasteiger partial charge in [0, 0.05) is 47.2 Å². The average Bonchev–Trinajstić information content (AvgIpc) is 1.57. The normalized spacial score (nSPS) is 30.3. The number of allylic oxidation sites excluding steroid dienone is 4. The van der Waals surface area contributed by atoms with E-state index in [2.05, 4.69) is 33.3 Å². The number of nitrogens with one attached hydrogen (secondary N) is 2. The molecule has 4 saturated carbocycles. The minimum atomic E-state index is -4.33. The fraction of sp³-hybridized carbons (Fsp3) is 0.634. The number of methoxy groups -OCH3 is 2. The number of esters is 2. The van der Waals surface area contributed by atoms with E-state index in [-0.39, 0.29) is 126 Å². The molecule has 2 aromatic heterocycles. The first-order valence-corrected chi connectivity index (χ1v) is 41.7. The van der Waals surface area contributed by atoms with Gasteiger partial charge in [-0.2, -0.15) is 0 Å². The first-order chi connectivity index (χ1) is 51.8. The Balaban J connectivity index is 0.000000218. The minimum absolute atomic E-state index is 0.0142. The number of ketones is 2. The van der Waals surface area contributed by atoms with Crippen LogP contribution >= 0.6 is 0 Å². The quantitative estimate of drug-likeness (QED) is 0.0690. The van der Waals surface area contributed by atoms with Crippen molar-refractivity contribution in [3.8, 4) is 23.3 Å². The Morgan fingerprint density at radius 3 is 1.23 bits per heavy atom. The highest BCUT2D eigenvalue weighted by Crippen LogP contribution is 2.59. The van der Waals surface area contributed by atoms with Crippen LogP contribution in [0.3, 0.4) is 0 Å². The van der Waals surface area contributed by atoms with Crippen molar-refractivity contribution in [3.05, 3.63) is 85.2 Å². The van der Waals surface area contributed by atoms with E-state index in [1.54, 1.807) is 68.2 Å². The van der Waals surface area contributed by atoms with Crippen molar-refractivity contribution in [2.45, 2.75) is 230 Å². The van der Waals surface area contributed by atoms with Crippen molar-refractivity contribution in [1.82, 2.24) is 29.2 Å². The molecule has 12 rings (SSSR count). The van der Waals surface area contributed by atoms with E-state index >= 15 is 0 Å². The SMILES string of the molecule is COc1cnc(O[C@@H]2C[C@H]3C(=O)C[C@]4(C(=O)NS(=O)(=O)C5(CF)CC5)C[C@H]4/C=C\CC[C@@H](C)C[C@@H](C)[C@H](CC(=O)OC(C)(C)C)C(=O)N3C2)c2ccccc12.COc1cnc(O[C@@H]2C[C@H]3C(=O)C[C@]4(C(=O)NS(=O)(=O)C5(CF)CC5)C[C@H]4/C=C\CC[C@H](C)C[C@@H](C)[C@H](CC(=O)OC(C)(C)C)C(=O)N3C2)c2ccccc12. The highest BCUT2D eigenvalue weighted by Gasteiger charge is 2.66. The van der Waals surface area contributed by atoms with Gasteiger partial charge in [0.2, 0.25) is 55.4 Å². The highest BCUT2D eigenvalue weighted by atomic mass is 32.2. The minimum Gasteiger partial charge on any atom is -0.494 e. The predicted molar refractivity (Wildman–Crippen MR) is 407 cm³/mol. The molecule has 0 bridgehead atoms. The Kier molecular flexibility index (Phi) is 24.5. The largest absolute Gasteiger partial charge is 0.494 e. The van der Waals surface area contributed by atoms with Gasteiger partial charge in [-0.25, -0.2) is 35.6 Å². The monoisotopic (exact) mass is 1570 g/mol. The van der Waals surface area contributed by atoms with Gasteiger partial charge in [0.25, 0.3) is 0 Å². The molecule has 6 heterocycles. The molecular weight excluding hydrogens is 1460 g/mol. The Morgan fingerprint density at radius 2 is 0.900 bits per heavy atom. The van der Waals surface area contributed by atoms with Crippen LogP contribution in [0.2, 0.25) is 0 Å². The Bertz CT molecular complexity index is 4200. The Labute approximate surface area is 644 Å². The van der Waals surface area contributed by atoms with Crippen molar-refractivity contribution in [1.29, 1.82) is 0 Å². The number of sulfonamides is 2. The van der Waals surface area contributed by atoms with Gasteiger partial charge in [-0.05, 0) is 166 Å². The smallest absolute Gasteiger partial charge is 0.307 e. The number of hydrogen-bond acceptors (Lipinski definition) is 20. The molecule has 0 spiro atoms. The number of alkyl halides is 2. The number of halogens is 2. The molecule has 110 heavy (non-hydrogen) atoms. The summed E-state index contributed by atoms with van der Waals surface area (Å²) in [4.78, 5) is 125. The number of aromatic nitrogens is 2. The number of benzene rings is 2. The number of amides is 4. The number of hydrogen-bond donors (Lipinski definition) is 2. The first kappa shape index (κ1) is 82.8. The van der Waals surface area contributed by atoms with E-state index < -0.39 is 148 Å². The molecular formula is C82H108F2N6O18S2. The molecule has 0 unspecified atom stereocenters. The zero-order chi connectivity index (χ0) is 79.8. The number of carbonyl (C=O) groups is 8. The Hall–Kier alpha value is -8.14. The lowest BCUT2D eigenvalue weighted by molar-refractivity contribution is -0.160. The number of ether oxygens (including phenoxy) is 6. The second-order valence-electron chi connectivity index (χ2n) is 34.5. The average molecular weight is 1570 g/mol. The molecule has 28 heteroatoms. The third kappa shape index (κ3) is 18.2.